The van der Waals surface area contributed by atoms with Crippen molar-refractivity contribution in [1.29, 1.82) is 0 Å². The topological polar surface area (TPSA) is 75.4 Å². The van der Waals surface area contributed by atoms with Crippen LogP contribution >= 0.6 is 0 Å². The third-order valence-corrected chi connectivity index (χ3v) is 3.09. The van der Waals surface area contributed by atoms with Crippen LogP contribution in [0, 0.1) is 0 Å². The van der Waals surface area contributed by atoms with E-state index in [1.807, 2.05) is 30.3 Å². The number of benzene rings is 2. The molecule has 0 aromatic heterocycles. The van der Waals surface area contributed by atoms with Gasteiger partial charge < -0.3 is 16.2 Å². The highest BCUT2D eigenvalue weighted by Gasteiger charge is 2.14. The summed E-state index contributed by atoms with van der Waals surface area (Å²) >= 11 is 0. The molecule has 0 saturated heterocycles. The van der Waals surface area contributed by atoms with E-state index in [0.29, 0.717) is 12.1 Å². The summed E-state index contributed by atoms with van der Waals surface area (Å²) in [4.78, 5) is 11.9. The first-order valence-electron chi connectivity index (χ1n) is 6.55. The molecular weight excluding hydrogens is 252 g/mol. The SMILES string of the molecule is NC(CCc1ccccc1)C(=O)Nc1ccccc1O. The van der Waals surface area contributed by atoms with Gasteiger partial charge in [-0.3, -0.25) is 4.79 Å². The quantitative estimate of drug-likeness (QED) is 0.730. The van der Waals surface area contributed by atoms with Gasteiger partial charge in [0.2, 0.25) is 5.91 Å². The van der Waals surface area contributed by atoms with Gasteiger partial charge in [-0.2, -0.15) is 0 Å². The lowest BCUT2D eigenvalue weighted by molar-refractivity contribution is -0.117. The van der Waals surface area contributed by atoms with Gasteiger partial charge in [-0.25, -0.2) is 0 Å². The second kappa shape index (κ2) is 6.73. The molecule has 0 aliphatic carbocycles. The molecule has 4 heteroatoms. The molecule has 2 rings (SSSR count). The Labute approximate surface area is 118 Å². The first-order valence-corrected chi connectivity index (χ1v) is 6.55. The number of hydrogen-bond acceptors (Lipinski definition) is 3. The van der Waals surface area contributed by atoms with Crippen molar-refractivity contribution >= 4 is 11.6 Å². The van der Waals surface area contributed by atoms with Crippen molar-refractivity contribution < 1.29 is 9.90 Å². The number of aromatic hydroxyl groups is 1. The first-order chi connectivity index (χ1) is 9.66. The lowest BCUT2D eigenvalue weighted by Gasteiger charge is -2.13. The van der Waals surface area contributed by atoms with E-state index in [9.17, 15) is 9.90 Å². The maximum Gasteiger partial charge on any atom is 0.241 e. The zero-order chi connectivity index (χ0) is 14.4. The zero-order valence-corrected chi connectivity index (χ0v) is 11.1. The van der Waals surface area contributed by atoms with E-state index in [2.05, 4.69) is 5.32 Å². The second-order valence-electron chi connectivity index (χ2n) is 4.64. The van der Waals surface area contributed by atoms with Crippen LogP contribution in [0.2, 0.25) is 0 Å². The van der Waals surface area contributed by atoms with E-state index in [1.165, 1.54) is 6.07 Å². The van der Waals surface area contributed by atoms with Gasteiger partial charge in [0.15, 0.2) is 0 Å². The number of anilines is 1. The maximum atomic E-state index is 11.9. The minimum absolute atomic E-state index is 0.0381. The van der Waals surface area contributed by atoms with Gasteiger partial charge >= 0.3 is 0 Å². The van der Waals surface area contributed by atoms with Gasteiger partial charge in [-0.05, 0) is 30.5 Å². The zero-order valence-electron chi connectivity index (χ0n) is 11.1. The molecule has 0 aliphatic heterocycles. The molecule has 0 aliphatic rings. The minimum Gasteiger partial charge on any atom is -0.506 e. The van der Waals surface area contributed by atoms with Crippen LogP contribution in [0.3, 0.4) is 0 Å². The van der Waals surface area contributed by atoms with Crippen LogP contribution in [0.4, 0.5) is 5.69 Å². The third kappa shape index (κ3) is 3.83. The van der Waals surface area contributed by atoms with Gasteiger partial charge in [0.05, 0.1) is 11.7 Å². The molecule has 0 saturated carbocycles. The molecule has 20 heavy (non-hydrogen) atoms. The normalized spacial score (nSPS) is 11.8. The highest BCUT2D eigenvalue weighted by molar-refractivity contribution is 5.95. The molecule has 0 radical (unpaired) electrons. The average Bonchev–Trinajstić information content (AvgIpc) is 2.48. The molecule has 0 spiro atoms. The summed E-state index contributed by atoms with van der Waals surface area (Å²) in [6.07, 6.45) is 1.31. The molecule has 4 nitrogen and oxygen atoms in total. The first kappa shape index (κ1) is 14.1. The van der Waals surface area contributed by atoms with Crippen LogP contribution in [0.25, 0.3) is 0 Å². The molecule has 2 aromatic carbocycles. The van der Waals surface area contributed by atoms with Gasteiger partial charge in [-0.1, -0.05) is 42.5 Å². The fourth-order valence-electron chi connectivity index (χ4n) is 1.90. The summed E-state index contributed by atoms with van der Waals surface area (Å²) in [5, 5.41) is 12.2. The molecule has 1 unspecified atom stereocenters. The molecule has 0 fully saturated rings. The molecule has 2 aromatic rings. The van der Waals surface area contributed by atoms with Crippen LogP contribution in [0.5, 0.6) is 5.75 Å². The van der Waals surface area contributed by atoms with Crippen molar-refractivity contribution in [2.75, 3.05) is 5.32 Å². The van der Waals surface area contributed by atoms with Crippen molar-refractivity contribution in [1.82, 2.24) is 0 Å². The number of nitrogens with two attached hydrogens (primary N) is 1. The van der Waals surface area contributed by atoms with Crippen molar-refractivity contribution in [2.45, 2.75) is 18.9 Å². The van der Waals surface area contributed by atoms with E-state index >= 15 is 0 Å². The highest BCUT2D eigenvalue weighted by atomic mass is 16.3. The number of phenolic OH excluding ortho intramolecular Hbond substituents is 1. The summed E-state index contributed by atoms with van der Waals surface area (Å²) in [6, 6.07) is 15.9. The Morgan fingerprint density at radius 1 is 1.10 bits per heavy atom. The molecule has 104 valence electrons. The number of carbonyl (C=O) groups is 1. The maximum absolute atomic E-state index is 11.9. The molecule has 0 heterocycles. The smallest absolute Gasteiger partial charge is 0.241 e. The summed E-state index contributed by atoms with van der Waals surface area (Å²) < 4.78 is 0. The van der Waals surface area contributed by atoms with Crippen LogP contribution < -0.4 is 11.1 Å². The van der Waals surface area contributed by atoms with Gasteiger partial charge in [0.25, 0.3) is 0 Å². The predicted molar refractivity (Wildman–Crippen MR) is 79.5 cm³/mol. The van der Waals surface area contributed by atoms with E-state index in [1.54, 1.807) is 18.2 Å². The summed E-state index contributed by atoms with van der Waals surface area (Å²) in [6.45, 7) is 0. The summed E-state index contributed by atoms with van der Waals surface area (Å²) in [5.74, 6) is -0.251. The number of phenols is 1. The van der Waals surface area contributed by atoms with Crippen molar-refractivity contribution in [3.63, 3.8) is 0 Å². The fourth-order valence-corrected chi connectivity index (χ4v) is 1.90. The van der Waals surface area contributed by atoms with Gasteiger partial charge in [-0.15, -0.1) is 0 Å². The lowest BCUT2D eigenvalue weighted by Crippen LogP contribution is -2.36. The fraction of sp³-hybridized carbons (Fsp3) is 0.188. The molecule has 0 bridgehead atoms. The van der Waals surface area contributed by atoms with Crippen LogP contribution in [0.15, 0.2) is 54.6 Å². The van der Waals surface area contributed by atoms with E-state index in [-0.39, 0.29) is 11.7 Å². The number of carbonyl (C=O) groups excluding carboxylic acids is 1. The van der Waals surface area contributed by atoms with Crippen LogP contribution in [-0.2, 0) is 11.2 Å². The summed E-state index contributed by atoms with van der Waals surface area (Å²) in [5.41, 5.74) is 7.40. The average molecular weight is 270 g/mol. The Morgan fingerprint density at radius 2 is 1.75 bits per heavy atom. The summed E-state index contributed by atoms with van der Waals surface area (Å²) in [7, 11) is 0. The van der Waals surface area contributed by atoms with Crippen molar-refractivity contribution in [3.8, 4) is 5.75 Å². The molecule has 4 N–H and O–H groups in total. The van der Waals surface area contributed by atoms with Crippen LogP contribution in [-0.4, -0.2) is 17.1 Å². The highest BCUT2D eigenvalue weighted by Crippen LogP contribution is 2.21. The Bertz CT molecular complexity index is 570. The third-order valence-electron chi connectivity index (χ3n) is 3.09. The Hall–Kier alpha value is -2.33. The van der Waals surface area contributed by atoms with E-state index in [4.69, 9.17) is 5.73 Å². The largest absolute Gasteiger partial charge is 0.506 e. The van der Waals surface area contributed by atoms with E-state index in [0.717, 1.165) is 12.0 Å². The van der Waals surface area contributed by atoms with Crippen LogP contribution in [0.1, 0.15) is 12.0 Å². The Morgan fingerprint density at radius 3 is 2.45 bits per heavy atom. The molecule has 1 amide bonds. The number of para-hydroxylation sites is 2. The lowest BCUT2D eigenvalue weighted by atomic mass is 10.1. The second-order valence-corrected chi connectivity index (χ2v) is 4.64. The number of nitrogens with one attached hydrogen (secondary N) is 1. The molecule has 1 atom stereocenters. The van der Waals surface area contributed by atoms with Crippen molar-refractivity contribution in [2.24, 2.45) is 5.73 Å². The standard InChI is InChI=1S/C16H18N2O2/c17-13(11-10-12-6-2-1-3-7-12)16(20)18-14-8-4-5-9-15(14)19/h1-9,13,19H,10-11,17H2,(H,18,20). The number of amides is 1. The Balaban J connectivity index is 1.88. The Kier molecular flexibility index (Phi) is 4.74. The van der Waals surface area contributed by atoms with Gasteiger partial charge in [0, 0.05) is 0 Å². The minimum atomic E-state index is -0.602. The van der Waals surface area contributed by atoms with E-state index < -0.39 is 6.04 Å². The number of aryl methyl sites for hydroxylation is 1. The van der Waals surface area contributed by atoms with Crippen molar-refractivity contribution in [3.05, 3.63) is 60.2 Å². The number of hydrogen-bond donors (Lipinski definition) is 3. The monoisotopic (exact) mass is 270 g/mol. The predicted octanol–water partition coefficient (Wildman–Crippen LogP) is 2.29. The number of rotatable bonds is 5. The van der Waals surface area contributed by atoms with Gasteiger partial charge in [0.1, 0.15) is 5.75 Å². The molecular formula is C16H18N2O2.